The van der Waals surface area contributed by atoms with Crippen molar-refractivity contribution < 1.29 is 13.9 Å². The van der Waals surface area contributed by atoms with Gasteiger partial charge in [0.15, 0.2) is 0 Å². The Morgan fingerprint density at radius 1 is 1.37 bits per heavy atom. The van der Waals surface area contributed by atoms with Gasteiger partial charge in [-0.05, 0) is 19.1 Å². The molecule has 1 fully saturated rings. The smallest absolute Gasteiger partial charge is 0.409 e. The Bertz CT molecular complexity index is 459. The number of carbonyl (C=O) groups is 1. The van der Waals surface area contributed by atoms with Crippen molar-refractivity contribution in [1.82, 2.24) is 4.90 Å². The fourth-order valence-electron chi connectivity index (χ4n) is 2.15. The highest BCUT2D eigenvalue weighted by atomic mass is 19.1. The molecule has 19 heavy (non-hydrogen) atoms. The van der Waals surface area contributed by atoms with Gasteiger partial charge in [-0.15, -0.1) is 0 Å². The summed E-state index contributed by atoms with van der Waals surface area (Å²) in [5, 5.41) is 0. The molecule has 104 valence electrons. The summed E-state index contributed by atoms with van der Waals surface area (Å²) >= 11 is 0. The van der Waals surface area contributed by atoms with Crippen LogP contribution in [0, 0.1) is 5.82 Å². The number of nitrogens with zero attached hydrogens (tertiary/aromatic N) is 2. The van der Waals surface area contributed by atoms with Crippen molar-refractivity contribution in [2.75, 3.05) is 43.4 Å². The summed E-state index contributed by atoms with van der Waals surface area (Å²) in [6, 6.07) is 4.77. The molecule has 6 heteroatoms. The molecular formula is C13H18FN3O2. The van der Waals surface area contributed by atoms with Gasteiger partial charge in [-0.25, -0.2) is 9.18 Å². The van der Waals surface area contributed by atoms with E-state index in [0.29, 0.717) is 38.5 Å². The summed E-state index contributed by atoms with van der Waals surface area (Å²) < 4.78 is 18.4. The molecule has 1 saturated heterocycles. The molecule has 1 aromatic carbocycles. The summed E-state index contributed by atoms with van der Waals surface area (Å²) in [4.78, 5) is 15.2. The highest BCUT2D eigenvalue weighted by Crippen LogP contribution is 2.26. The molecule has 0 radical (unpaired) electrons. The average Bonchev–Trinajstić information content (AvgIpc) is 2.42. The standard InChI is InChI=1S/C13H18FN3O2/c1-2-19-13(18)17-8-6-16(7-9-17)11-5-3-4-10(14)12(11)15/h3-5H,2,6-9,15H2,1H3. The summed E-state index contributed by atoms with van der Waals surface area (Å²) in [6.07, 6.45) is -0.297. The maximum Gasteiger partial charge on any atom is 0.409 e. The fraction of sp³-hybridized carbons (Fsp3) is 0.462. The first-order valence-electron chi connectivity index (χ1n) is 6.34. The van der Waals surface area contributed by atoms with Crippen molar-refractivity contribution in [3.63, 3.8) is 0 Å². The maximum absolute atomic E-state index is 13.4. The minimum Gasteiger partial charge on any atom is -0.450 e. The molecule has 2 N–H and O–H groups in total. The SMILES string of the molecule is CCOC(=O)N1CCN(c2cccc(F)c2N)CC1. The zero-order valence-corrected chi connectivity index (χ0v) is 10.9. The molecule has 1 heterocycles. The number of anilines is 2. The van der Waals surface area contributed by atoms with E-state index in [1.54, 1.807) is 24.0 Å². The van der Waals surface area contributed by atoms with Gasteiger partial charge in [0.1, 0.15) is 5.82 Å². The third-order valence-electron chi connectivity index (χ3n) is 3.18. The van der Waals surface area contributed by atoms with E-state index in [2.05, 4.69) is 0 Å². The molecule has 0 aliphatic carbocycles. The largest absolute Gasteiger partial charge is 0.450 e. The number of para-hydroxylation sites is 1. The van der Waals surface area contributed by atoms with Crippen LogP contribution in [0.15, 0.2) is 18.2 Å². The highest BCUT2D eigenvalue weighted by Gasteiger charge is 2.23. The van der Waals surface area contributed by atoms with Crippen LogP contribution >= 0.6 is 0 Å². The van der Waals surface area contributed by atoms with E-state index < -0.39 is 5.82 Å². The molecule has 0 bridgehead atoms. The van der Waals surface area contributed by atoms with Crippen molar-refractivity contribution >= 4 is 17.5 Å². The summed E-state index contributed by atoms with van der Waals surface area (Å²) in [6.45, 7) is 4.49. The second-order valence-electron chi connectivity index (χ2n) is 4.35. The van der Waals surface area contributed by atoms with Crippen LogP contribution in [0.5, 0.6) is 0 Å². The van der Waals surface area contributed by atoms with Gasteiger partial charge < -0.3 is 20.3 Å². The van der Waals surface area contributed by atoms with Crippen molar-refractivity contribution in [3.05, 3.63) is 24.0 Å². The summed E-state index contributed by atoms with van der Waals surface area (Å²) in [5.41, 5.74) is 6.58. The van der Waals surface area contributed by atoms with Crippen LogP contribution in [0.2, 0.25) is 0 Å². The Kier molecular flexibility index (Phi) is 4.09. The van der Waals surface area contributed by atoms with E-state index in [9.17, 15) is 9.18 Å². The first-order chi connectivity index (χ1) is 9.13. The van der Waals surface area contributed by atoms with Crippen molar-refractivity contribution in [3.8, 4) is 0 Å². The lowest BCUT2D eigenvalue weighted by Gasteiger charge is -2.35. The molecule has 0 unspecified atom stereocenters. The molecule has 1 aromatic rings. The third-order valence-corrected chi connectivity index (χ3v) is 3.18. The Labute approximate surface area is 111 Å². The number of ether oxygens (including phenoxy) is 1. The molecule has 0 aromatic heterocycles. The van der Waals surface area contributed by atoms with E-state index in [-0.39, 0.29) is 11.8 Å². The van der Waals surface area contributed by atoms with Crippen LogP contribution in [0.3, 0.4) is 0 Å². The highest BCUT2D eigenvalue weighted by molar-refractivity contribution is 5.70. The van der Waals surface area contributed by atoms with Gasteiger partial charge in [-0.2, -0.15) is 0 Å². The number of benzene rings is 1. The lowest BCUT2D eigenvalue weighted by molar-refractivity contribution is 0.105. The zero-order valence-electron chi connectivity index (χ0n) is 10.9. The Balaban J connectivity index is 2.00. The lowest BCUT2D eigenvalue weighted by atomic mass is 10.2. The number of nitrogen functional groups attached to an aromatic ring is 1. The van der Waals surface area contributed by atoms with E-state index in [1.165, 1.54) is 6.07 Å². The number of amides is 1. The second kappa shape index (κ2) is 5.77. The molecule has 2 rings (SSSR count). The van der Waals surface area contributed by atoms with Crippen molar-refractivity contribution in [2.24, 2.45) is 0 Å². The zero-order chi connectivity index (χ0) is 13.8. The van der Waals surface area contributed by atoms with Crippen LogP contribution in [0.1, 0.15) is 6.92 Å². The molecule has 1 aliphatic heterocycles. The molecule has 1 aliphatic rings. The number of nitrogens with two attached hydrogens (primary N) is 1. The molecular weight excluding hydrogens is 249 g/mol. The van der Waals surface area contributed by atoms with Crippen LogP contribution < -0.4 is 10.6 Å². The number of rotatable bonds is 2. The van der Waals surface area contributed by atoms with Crippen molar-refractivity contribution in [2.45, 2.75) is 6.92 Å². The Morgan fingerprint density at radius 2 is 2.05 bits per heavy atom. The minimum absolute atomic E-state index is 0.159. The molecule has 0 spiro atoms. The van der Waals surface area contributed by atoms with Crippen LogP contribution in [0.4, 0.5) is 20.6 Å². The van der Waals surface area contributed by atoms with Crippen LogP contribution in [-0.4, -0.2) is 43.8 Å². The minimum atomic E-state index is -0.412. The van der Waals surface area contributed by atoms with Gasteiger partial charge in [0.05, 0.1) is 18.0 Å². The van der Waals surface area contributed by atoms with Gasteiger partial charge in [-0.3, -0.25) is 0 Å². The monoisotopic (exact) mass is 267 g/mol. The first-order valence-corrected chi connectivity index (χ1v) is 6.34. The van der Waals surface area contributed by atoms with Gasteiger partial charge in [0, 0.05) is 26.2 Å². The number of hydrogen-bond acceptors (Lipinski definition) is 4. The second-order valence-corrected chi connectivity index (χ2v) is 4.35. The Hall–Kier alpha value is -1.98. The number of piperazine rings is 1. The number of hydrogen-bond donors (Lipinski definition) is 1. The van der Waals surface area contributed by atoms with E-state index in [4.69, 9.17) is 10.5 Å². The average molecular weight is 267 g/mol. The number of halogens is 1. The summed E-state index contributed by atoms with van der Waals surface area (Å²) in [5.74, 6) is -0.412. The number of carbonyl (C=O) groups excluding carboxylic acids is 1. The molecule has 0 atom stereocenters. The van der Waals surface area contributed by atoms with Gasteiger partial charge >= 0.3 is 6.09 Å². The van der Waals surface area contributed by atoms with Gasteiger partial charge in [0.25, 0.3) is 0 Å². The van der Waals surface area contributed by atoms with E-state index in [0.717, 1.165) is 0 Å². The molecule has 1 amide bonds. The predicted molar refractivity (Wildman–Crippen MR) is 71.6 cm³/mol. The van der Waals surface area contributed by atoms with Crippen LogP contribution in [-0.2, 0) is 4.74 Å². The maximum atomic E-state index is 13.4. The molecule has 0 saturated carbocycles. The van der Waals surface area contributed by atoms with Gasteiger partial charge in [-0.1, -0.05) is 6.07 Å². The third kappa shape index (κ3) is 2.89. The topological polar surface area (TPSA) is 58.8 Å². The Morgan fingerprint density at radius 3 is 2.68 bits per heavy atom. The van der Waals surface area contributed by atoms with Crippen molar-refractivity contribution in [1.29, 1.82) is 0 Å². The molecule has 5 nitrogen and oxygen atoms in total. The summed E-state index contributed by atoms with van der Waals surface area (Å²) in [7, 11) is 0. The first kappa shape index (κ1) is 13.5. The fourth-order valence-corrected chi connectivity index (χ4v) is 2.15. The van der Waals surface area contributed by atoms with Gasteiger partial charge in [0.2, 0.25) is 0 Å². The normalized spacial score (nSPS) is 15.5. The van der Waals surface area contributed by atoms with E-state index >= 15 is 0 Å². The quantitative estimate of drug-likeness (QED) is 0.828. The van der Waals surface area contributed by atoms with E-state index in [1.807, 2.05) is 4.90 Å². The predicted octanol–water partition coefficient (Wildman–Crippen LogP) is 1.69. The van der Waals surface area contributed by atoms with Crippen LogP contribution in [0.25, 0.3) is 0 Å². The lowest BCUT2D eigenvalue weighted by Crippen LogP contribution is -2.49.